The van der Waals surface area contributed by atoms with Crippen molar-refractivity contribution in [3.63, 3.8) is 0 Å². The van der Waals surface area contributed by atoms with E-state index >= 15 is 0 Å². The van der Waals surface area contributed by atoms with Crippen molar-refractivity contribution in [3.05, 3.63) is 23.8 Å². The Hall–Kier alpha value is -1.12. The zero-order chi connectivity index (χ0) is 7.40. The Morgan fingerprint density at radius 1 is 1.70 bits per heavy atom. The zero-order valence-electron chi connectivity index (χ0n) is 5.45. The van der Waals surface area contributed by atoms with Crippen LogP contribution in [0.15, 0.2) is 23.8 Å². The second-order valence-corrected chi connectivity index (χ2v) is 2.03. The average Bonchev–Trinajstić information content (AvgIpc) is 2.04. The molecule has 0 aromatic heterocycles. The summed E-state index contributed by atoms with van der Waals surface area (Å²) in [6.45, 7) is 0. The Morgan fingerprint density at radius 3 is 3.00 bits per heavy atom. The quantitative estimate of drug-likeness (QED) is 0.400. The molecule has 0 bridgehead atoms. The van der Waals surface area contributed by atoms with Crippen LogP contribution in [0.2, 0.25) is 0 Å². The normalized spacial score (nSPS) is 20.0. The Morgan fingerprint density at radius 2 is 2.50 bits per heavy atom. The molecule has 0 fully saturated rings. The number of allylic oxidation sites excluding steroid dienone is 4. The molecule has 0 aromatic carbocycles. The zero-order valence-corrected chi connectivity index (χ0v) is 5.45. The van der Waals surface area contributed by atoms with Gasteiger partial charge in [0.1, 0.15) is 0 Å². The van der Waals surface area contributed by atoms with E-state index in [0.29, 0.717) is 17.5 Å². The van der Waals surface area contributed by atoms with Gasteiger partial charge < -0.3 is 0 Å². The second kappa shape index (κ2) is 3.15. The van der Waals surface area contributed by atoms with Crippen LogP contribution in [0.5, 0.6) is 0 Å². The minimum absolute atomic E-state index is 0.560. The third kappa shape index (κ3) is 1.24. The van der Waals surface area contributed by atoms with Gasteiger partial charge in [0.05, 0.1) is 0 Å². The van der Waals surface area contributed by atoms with Gasteiger partial charge in [-0.15, -0.1) is 0 Å². The molecule has 0 aromatic rings. The van der Waals surface area contributed by atoms with Crippen LogP contribution in [0.1, 0.15) is 6.42 Å². The minimum atomic E-state index is 0.560. The van der Waals surface area contributed by atoms with Gasteiger partial charge in [0.25, 0.3) is 0 Å². The molecule has 0 unspecified atom stereocenters. The van der Waals surface area contributed by atoms with E-state index < -0.39 is 0 Å². The molecule has 50 valence electrons. The molecule has 0 saturated heterocycles. The Labute approximate surface area is 59.8 Å². The fourth-order valence-corrected chi connectivity index (χ4v) is 0.834. The molecule has 0 amide bonds. The van der Waals surface area contributed by atoms with E-state index in [1.807, 2.05) is 6.08 Å². The van der Waals surface area contributed by atoms with Gasteiger partial charge in [-0.25, -0.2) is 0 Å². The fourth-order valence-electron chi connectivity index (χ4n) is 0.834. The number of hydrogen-bond acceptors (Lipinski definition) is 2. The van der Waals surface area contributed by atoms with Gasteiger partial charge in [-0.3, -0.25) is 0 Å². The van der Waals surface area contributed by atoms with E-state index in [9.17, 15) is 4.79 Å². The third-order valence-corrected chi connectivity index (χ3v) is 1.40. The number of rotatable bonds is 1. The van der Waals surface area contributed by atoms with Crippen LogP contribution >= 0.6 is 0 Å². The number of carbonyl (C=O) groups excluding carboxylic acids is 1. The first kappa shape index (κ1) is 7.00. The molecule has 0 heterocycles. The van der Waals surface area contributed by atoms with Crippen LogP contribution in [-0.4, -0.2) is 23.9 Å². The molecule has 1 aliphatic rings. The van der Waals surface area contributed by atoms with E-state index in [0.717, 1.165) is 13.4 Å². The van der Waals surface area contributed by atoms with E-state index in [-0.39, 0.29) is 0 Å². The number of carbonyl (C=O) groups is 1. The van der Waals surface area contributed by atoms with Gasteiger partial charge in [0.2, 0.25) is 0 Å². The first-order valence-electron chi connectivity index (χ1n) is 3.04. The summed E-state index contributed by atoms with van der Waals surface area (Å²) < 4.78 is 0. The van der Waals surface area contributed by atoms with Gasteiger partial charge in [-0.1, -0.05) is 0 Å². The molecule has 1 N–H and O–H groups in total. The summed E-state index contributed by atoms with van der Waals surface area (Å²) >= 11 is 0. The van der Waals surface area contributed by atoms with E-state index in [2.05, 4.69) is 0 Å². The SMILES string of the molecule is O=CC1=CC=CCC1=BO. The van der Waals surface area contributed by atoms with E-state index in [1.54, 1.807) is 12.2 Å². The predicted octanol–water partition coefficient (Wildman–Crippen LogP) is -0.145. The predicted molar refractivity (Wildman–Crippen MR) is 40.9 cm³/mol. The summed E-state index contributed by atoms with van der Waals surface area (Å²) in [6, 6.07) is 0. The molecular formula is C7H7BO2. The van der Waals surface area contributed by atoms with Crippen molar-refractivity contribution in [3.8, 4) is 0 Å². The topological polar surface area (TPSA) is 37.3 Å². The average molecular weight is 134 g/mol. The van der Waals surface area contributed by atoms with Crippen LogP contribution in [0.3, 0.4) is 0 Å². The Kier molecular flexibility index (Phi) is 2.21. The first-order valence-corrected chi connectivity index (χ1v) is 3.04. The summed E-state index contributed by atoms with van der Waals surface area (Å²) in [5.41, 5.74) is 1.24. The van der Waals surface area contributed by atoms with Crippen LogP contribution in [0.4, 0.5) is 0 Å². The molecular weight excluding hydrogens is 127 g/mol. The summed E-state index contributed by atoms with van der Waals surface area (Å²) in [5, 5.41) is 8.60. The molecule has 0 atom stereocenters. The Bertz CT molecular complexity index is 226. The molecule has 0 saturated carbocycles. The molecule has 0 aliphatic heterocycles. The standard InChI is InChI=1S/C7H7BO2/c9-5-6-3-1-2-4-7(6)8-10/h1-3,5,10H,4H2. The van der Waals surface area contributed by atoms with Crippen molar-refractivity contribution < 1.29 is 9.82 Å². The molecule has 3 heteroatoms. The van der Waals surface area contributed by atoms with Crippen LogP contribution in [0, 0.1) is 0 Å². The maximum absolute atomic E-state index is 10.3. The number of aldehydes is 1. The van der Waals surface area contributed by atoms with Gasteiger partial charge >= 0.3 is 58.9 Å². The van der Waals surface area contributed by atoms with Crippen molar-refractivity contribution in [2.45, 2.75) is 6.42 Å². The van der Waals surface area contributed by atoms with Crippen molar-refractivity contribution in [1.82, 2.24) is 0 Å². The first-order chi connectivity index (χ1) is 4.88. The van der Waals surface area contributed by atoms with E-state index in [1.165, 1.54) is 0 Å². The van der Waals surface area contributed by atoms with Crippen LogP contribution < -0.4 is 0 Å². The van der Waals surface area contributed by atoms with Gasteiger partial charge in [-0.2, -0.15) is 0 Å². The van der Waals surface area contributed by atoms with Crippen molar-refractivity contribution in [1.29, 1.82) is 0 Å². The summed E-state index contributed by atoms with van der Waals surface area (Å²) in [6.07, 6.45) is 6.75. The molecule has 1 aliphatic carbocycles. The fraction of sp³-hybridized carbons (Fsp3) is 0.143. The molecule has 2 nitrogen and oxygen atoms in total. The van der Waals surface area contributed by atoms with Gasteiger partial charge in [-0.05, 0) is 0 Å². The molecule has 1 rings (SSSR count). The summed E-state index contributed by atoms with van der Waals surface area (Å²) in [4.78, 5) is 10.3. The Balaban J connectivity index is 2.91. The van der Waals surface area contributed by atoms with Crippen LogP contribution in [0.25, 0.3) is 0 Å². The molecule has 10 heavy (non-hydrogen) atoms. The van der Waals surface area contributed by atoms with Crippen molar-refractivity contribution in [2.24, 2.45) is 0 Å². The molecule has 0 spiro atoms. The van der Waals surface area contributed by atoms with E-state index in [4.69, 9.17) is 5.02 Å². The summed E-state index contributed by atoms with van der Waals surface area (Å²) in [5.74, 6) is 0. The second-order valence-electron chi connectivity index (χ2n) is 2.03. The third-order valence-electron chi connectivity index (χ3n) is 1.40. The molecule has 0 radical (unpaired) electrons. The maximum atomic E-state index is 10.3. The van der Waals surface area contributed by atoms with Crippen molar-refractivity contribution >= 4 is 18.9 Å². The van der Waals surface area contributed by atoms with Gasteiger partial charge in [0, 0.05) is 0 Å². The summed E-state index contributed by atoms with van der Waals surface area (Å²) in [7, 11) is 0.976. The monoisotopic (exact) mass is 134 g/mol. The van der Waals surface area contributed by atoms with Gasteiger partial charge in [0.15, 0.2) is 0 Å². The van der Waals surface area contributed by atoms with Crippen molar-refractivity contribution in [2.75, 3.05) is 0 Å². The van der Waals surface area contributed by atoms with Crippen LogP contribution in [-0.2, 0) is 4.79 Å². The number of hydrogen-bond donors (Lipinski definition) is 1.